The fraction of sp³-hybridized carbons (Fsp3) is 0.0625. The summed E-state index contributed by atoms with van der Waals surface area (Å²) in [5.41, 5.74) is 24.2. The van der Waals surface area contributed by atoms with Gasteiger partial charge in [-0.15, -0.1) is 0 Å². The molecule has 12 rings (SSSR count). The van der Waals surface area contributed by atoms with Gasteiger partial charge in [-0.3, -0.25) is 0 Å². The summed E-state index contributed by atoms with van der Waals surface area (Å²) < 4.78 is 1.10. The van der Waals surface area contributed by atoms with E-state index in [0.29, 0.717) is 0 Å². The highest BCUT2D eigenvalue weighted by Gasteiger charge is 2.47. The molecule has 10 aromatic rings. The predicted octanol–water partition coefficient (Wildman–Crippen LogP) is 16.4. The summed E-state index contributed by atoms with van der Waals surface area (Å²) in [4.78, 5) is 0. The minimum Gasteiger partial charge on any atom is -0.399 e. The minimum atomic E-state index is -0.318. The zero-order valence-corrected chi connectivity index (χ0v) is 37.7. The number of anilines is 1. The molecule has 2 heteroatoms. The molecule has 320 valence electrons. The topological polar surface area (TPSA) is 26.0 Å². The maximum Gasteiger partial charge on any atom is 0.0713 e. The Morgan fingerprint density at radius 1 is 0.303 bits per heavy atom. The Hall–Kier alpha value is -7.52. The Bertz CT molecular complexity index is 3100. The maximum absolute atomic E-state index is 5.36. The van der Waals surface area contributed by atoms with Crippen LogP contribution in [-0.2, 0) is 17.3 Å². The van der Waals surface area contributed by atoms with Gasteiger partial charge in [0.25, 0.3) is 0 Å². The van der Waals surface area contributed by atoms with Gasteiger partial charge in [0.15, 0.2) is 0 Å². The molecule has 66 heavy (non-hydrogen) atoms. The van der Waals surface area contributed by atoms with Crippen LogP contribution in [0.2, 0.25) is 0 Å². The van der Waals surface area contributed by atoms with Crippen LogP contribution in [-0.4, -0.2) is 0 Å². The maximum atomic E-state index is 5.36. The second kappa shape index (κ2) is 19.3. The van der Waals surface area contributed by atoms with E-state index in [1.807, 2.05) is 30.3 Å². The van der Waals surface area contributed by atoms with Gasteiger partial charge in [0.2, 0.25) is 0 Å². The lowest BCUT2D eigenvalue weighted by molar-refractivity contribution is 0.766. The van der Waals surface area contributed by atoms with Crippen LogP contribution in [0.4, 0.5) is 5.69 Å². The zero-order chi connectivity index (χ0) is 44.1. The molecule has 0 spiro atoms. The summed E-state index contributed by atoms with van der Waals surface area (Å²) in [5, 5.41) is 0. The van der Waals surface area contributed by atoms with Crippen LogP contribution in [0.3, 0.4) is 0 Å². The second-order valence-electron chi connectivity index (χ2n) is 16.7. The first-order valence-corrected chi connectivity index (χ1v) is 23.1. The van der Waals surface area contributed by atoms with Gasteiger partial charge in [-0.1, -0.05) is 266 Å². The predicted molar refractivity (Wildman–Crippen MR) is 282 cm³/mol. The number of para-hydroxylation sites is 1. The van der Waals surface area contributed by atoms with Crippen LogP contribution in [0.5, 0.6) is 0 Å². The van der Waals surface area contributed by atoms with Crippen molar-refractivity contribution >= 4 is 21.6 Å². The normalized spacial score (nSPS) is 12.9. The Kier molecular flexibility index (Phi) is 12.8. The van der Waals surface area contributed by atoms with Crippen molar-refractivity contribution in [1.29, 1.82) is 0 Å². The van der Waals surface area contributed by atoms with Crippen LogP contribution < -0.4 is 5.73 Å². The number of halogens is 1. The lowest BCUT2D eigenvalue weighted by Gasteiger charge is -2.34. The van der Waals surface area contributed by atoms with Crippen LogP contribution in [0.25, 0.3) is 22.3 Å². The highest BCUT2D eigenvalue weighted by Crippen LogP contribution is 2.57. The van der Waals surface area contributed by atoms with E-state index in [2.05, 4.69) is 253 Å². The monoisotopic (exact) mass is 913 g/mol. The van der Waals surface area contributed by atoms with Crippen LogP contribution >= 0.6 is 15.9 Å². The Labute approximate surface area is 399 Å². The van der Waals surface area contributed by atoms with E-state index in [9.17, 15) is 0 Å². The standard InChI is InChI=1S/C32H24.C25H17Br.C6H7N.CH4/c1-3-12-24(13-4-1)22-25-14-11-17-27(23-25)32(26-15-5-2-6-16-26)30-20-9-7-18-28(30)29-19-8-10-21-31(29)32;26-20-12-8-11-19(17-20)25(18-9-2-1-3-10-18)23-15-6-4-13-21(23)22-14-5-7-16-24(22)25;7-6-4-2-1-3-5-6;/h1-21,23H,22H2;1-17H;1-5H,7H2;1H4. The quantitative estimate of drug-likeness (QED) is 0.165. The molecule has 0 radical (unpaired) electrons. The van der Waals surface area contributed by atoms with E-state index < -0.39 is 0 Å². The molecule has 0 amide bonds. The van der Waals surface area contributed by atoms with Crippen molar-refractivity contribution in [2.75, 3.05) is 5.73 Å². The lowest BCUT2D eigenvalue weighted by atomic mass is 9.67. The van der Waals surface area contributed by atoms with Crippen molar-refractivity contribution in [2.45, 2.75) is 24.7 Å². The van der Waals surface area contributed by atoms with Crippen LogP contribution in [0.1, 0.15) is 63.1 Å². The average Bonchev–Trinajstić information content (AvgIpc) is 3.85. The number of benzene rings is 10. The first-order chi connectivity index (χ1) is 32.1. The van der Waals surface area contributed by atoms with Gasteiger partial charge in [-0.05, 0) is 109 Å². The molecule has 0 saturated heterocycles. The molecule has 10 aromatic carbocycles. The Morgan fingerprint density at radius 3 is 1.02 bits per heavy atom. The number of nitrogen functional groups attached to an aromatic ring is 1. The largest absolute Gasteiger partial charge is 0.399 e. The molecule has 2 N–H and O–H groups in total. The molecule has 0 atom stereocenters. The van der Waals surface area contributed by atoms with E-state index in [1.165, 1.54) is 77.9 Å². The number of nitrogens with two attached hydrogens (primary N) is 1. The summed E-state index contributed by atoms with van der Waals surface area (Å²) in [6.45, 7) is 0. The Balaban J connectivity index is 0.000000145. The molecular formula is C64H52BrN. The smallest absolute Gasteiger partial charge is 0.0713 e. The highest BCUT2D eigenvalue weighted by molar-refractivity contribution is 9.10. The van der Waals surface area contributed by atoms with E-state index in [4.69, 9.17) is 5.73 Å². The minimum absolute atomic E-state index is 0. The molecule has 0 aliphatic heterocycles. The summed E-state index contributed by atoms with van der Waals surface area (Å²) in [6.07, 6.45) is 0.933. The zero-order valence-electron chi connectivity index (χ0n) is 36.1. The molecular weight excluding hydrogens is 863 g/mol. The van der Waals surface area contributed by atoms with Gasteiger partial charge >= 0.3 is 0 Å². The summed E-state index contributed by atoms with van der Waals surface area (Å²) in [5.74, 6) is 0. The Morgan fingerprint density at radius 2 is 0.621 bits per heavy atom. The van der Waals surface area contributed by atoms with Gasteiger partial charge in [-0.2, -0.15) is 0 Å². The first kappa shape index (κ1) is 43.7. The highest BCUT2D eigenvalue weighted by atomic mass is 79.9. The van der Waals surface area contributed by atoms with Crippen molar-refractivity contribution in [3.8, 4) is 22.3 Å². The molecule has 0 fully saturated rings. The molecule has 0 unspecified atom stereocenters. The van der Waals surface area contributed by atoms with Crippen LogP contribution in [0.15, 0.2) is 271 Å². The lowest BCUT2D eigenvalue weighted by Crippen LogP contribution is -2.28. The molecule has 0 saturated carbocycles. The van der Waals surface area contributed by atoms with Crippen molar-refractivity contribution in [2.24, 2.45) is 0 Å². The third-order valence-electron chi connectivity index (χ3n) is 13.0. The molecule has 2 aliphatic rings. The summed E-state index contributed by atoms with van der Waals surface area (Å²) in [6, 6.07) is 95.5. The summed E-state index contributed by atoms with van der Waals surface area (Å²) >= 11 is 3.69. The van der Waals surface area contributed by atoms with Gasteiger partial charge in [0.05, 0.1) is 10.8 Å². The van der Waals surface area contributed by atoms with Crippen molar-refractivity contribution < 1.29 is 0 Å². The SMILES string of the molecule is Brc1cccc(C2(c3ccccc3)c3ccccc3-c3ccccc32)c1.C.Nc1ccccc1.c1ccc(Cc2cccc(C3(c4ccccc4)c4ccccc4-c4ccccc43)c2)cc1. The van der Waals surface area contributed by atoms with Gasteiger partial charge in [0, 0.05) is 10.2 Å². The summed E-state index contributed by atoms with van der Waals surface area (Å²) in [7, 11) is 0. The third-order valence-corrected chi connectivity index (χ3v) is 13.5. The van der Waals surface area contributed by atoms with Crippen molar-refractivity contribution in [3.05, 3.63) is 327 Å². The fourth-order valence-corrected chi connectivity index (χ4v) is 10.7. The molecule has 2 aliphatic carbocycles. The van der Waals surface area contributed by atoms with E-state index >= 15 is 0 Å². The molecule has 0 heterocycles. The van der Waals surface area contributed by atoms with Crippen LogP contribution in [0, 0.1) is 0 Å². The van der Waals surface area contributed by atoms with E-state index in [1.54, 1.807) is 0 Å². The molecule has 0 bridgehead atoms. The molecule has 1 nitrogen and oxygen atoms in total. The van der Waals surface area contributed by atoms with Crippen molar-refractivity contribution in [3.63, 3.8) is 0 Å². The number of hydrogen-bond donors (Lipinski definition) is 1. The van der Waals surface area contributed by atoms with Crippen molar-refractivity contribution in [1.82, 2.24) is 0 Å². The van der Waals surface area contributed by atoms with Gasteiger partial charge < -0.3 is 5.73 Å². The average molecular weight is 915 g/mol. The van der Waals surface area contributed by atoms with E-state index in [0.717, 1.165) is 16.6 Å². The number of fused-ring (bicyclic) bond motifs is 6. The number of rotatable bonds is 6. The van der Waals surface area contributed by atoms with Gasteiger partial charge in [-0.25, -0.2) is 0 Å². The second-order valence-corrected chi connectivity index (χ2v) is 17.6. The fourth-order valence-electron chi connectivity index (χ4n) is 10.3. The molecule has 0 aromatic heterocycles. The van der Waals surface area contributed by atoms with Gasteiger partial charge in [0.1, 0.15) is 0 Å². The third kappa shape index (κ3) is 7.89. The van der Waals surface area contributed by atoms with E-state index in [-0.39, 0.29) is 18.3 Å². The number of hydrogen-bond acceptors (Lipinski definition) is 1. The first-order valence-electron chi connectivity index (χ1n) is 22.3.